The van der Waals surface area contributed by atoms with E-state index in [0.717, 1.165) is 6.07 Å². The Morgan fingerprint density at radius 2 is 1.54 bits per heavy atom. The van der Waals surface area contributed by atoms with Crippen molar-refractivity contribution < 1.29 is 25.2 Å². The largest absolute Gasteiger partial charge is 0.508 e. The first-order valence-corrected chi connectivity index (χ1v) is 6.31. The highest BCUT2D eigenvalue weighted by Crippen LogP contribution is 2.41. The third kappa shape index (κ3) is 3.04. The van der Waals surface area contributed by atoms with Crippen LogP contribution >= 0.6 is 0 Å². The Morgan fingerprint density at radius 3 is 2.12 bits per heavy atom. The molecule has 0 heterocycles. The Labute approximate surface area is 133 Å². The normalized spacial score (nSPS) is 10.9. The predicted octanol–water partition coefficient (Wildman–Crippen LogP) is 3.34. The van der Waals surface area contributed by atoms with Gasteiger partial charge in [-0.25, -0.2) is 0 Å². The Balaban J connectivity index is 2.55. The van der Waals surface area contributed by atoms with Crippen molar-refractivity contribution in [1.82, 2.24) is 0 Å². The molecule has 0 amide bonds. The summed E-state index contributed by atoms with van der Waals surface area (Å²) in [5, 5.41) is 57.8. The second-order valence-electron chi connectivity index (χ2n) is 4.62. The summed E-state index contributed by atoms with van der Waals surface area (Å²) in [5.41, 5.74) is -2.04. The van der Waals surface area contributed by atoms with Crippen molar-refractivity contribution in [1.29, 1.82) is 0 Å². The standard InChI is InChI=1S/C13H10N4O7/c1-6-11(18)3-2-8(12(6)19)14-15-9-4-7(16(21)22)5-10(13(9)20)17(23)24/h2-5,18-20H,1H3. The zero-order valence-electron chi connectivity index (χ0n) is 12.1. The van der Waals surface area contributed by atoms with Crippen LogP contribution in [0.5, 0.6) is 17.2 Å². The highest BCUT2D eigenvalue weighted by molar-refractivity contribution is 5.68. The molecule has 2 rings (SSSR count). The van der Waals surface area contributed by atoms with Gasteiger partial charge in [-0.15, -0.1) is 10.2 Å². The average Bonchev–Trinajstić information content (AvgIpc) is 2.52. The monoisotopic (exact) mass is 334 g/mol. The molecule has 3 N–H and O–H groups in total. The van der Waals surface area contributed by atoms with Crippen molar-refractivity contribution in [3.8, 4) is 17.2 Å². The summed E-state index contributed by atoms with van der Waals surface area (Å²) in [7, 11) is 0. The quantitative estimate of drug-likeness (QED) is 0.436. The molecular weight excluding hydrogens is 324 g/mol. The van der Waals surface area contributed by atoms with Crippen molar-refractivity contribution in [2.24, 2.45) is 10.2 Å². The van der Waals surface area contributed by atoms with E-state index in [0.29, 0.717) is 6.07 Å². The summed E-state index contributed by atoms with van der Waals surface area (Å²) >= 11 is 0. The summed E-state index contributed by atoms with van der Waals surface area (Å²) < 4.78 is 0. The zero-order chi connectivity index (χ0) is 18.0. The van der Waals surface area contributed by atoms with E-state index in [9.17, 15) is 35.5 Å². The first-order valence-electron chi connectivity index (χ1n) is 6.31. The summed E-state index contributed by atoms with van der Waals surface area (Å²) in [6.07, 6.45) is 0. The maximum Gasteiger partial charge on any atom is 0.319 e. The van der Waals surface area contributed by atoms with Crippen molar-refractivity contribution >= 4 is 22.7 Å². The van der Waals surface area contributed by atoms with Crippen LogP contribution < -0.4 is 0 Å². The van der Waals surface area contributed by atoms with Crippen LogP contribution in [0.1, 0.15) is 5.56 Å². The molecule has 11 heteroatoms. The van der Waals surface area contributed by atoms with Crippen LogP contribution in [0.4, 0.5) is 22.7 Å². The van der Waals surface area contributed by atoms with E-state index in [2.05, 4.69) is 10.2 Å². The van der Waals surface area contributed by atoms with Crippen LogP contribution in [0.2, 0.25) is 0 Å². The fraction of sp³-hybridized carbons (Fsp3) is 0.0769. The minimum atomic E-state index is -0.996. The number of azo groups is 1. The summed E-state index contributed by atoms with van der Waals surface area (Å²) in [4.78, 5) is 19.8. The van der Waals surface area contributed by atoms with Crippen molar-refractivity contribution in [3.63, 3.8) is 0 Å². The van der Waals surface area contributed by atoms with Gasteiger partial charge >= 0.3 is 5.69 Å². The van der Waals surface area contributed by atoms with Crippen LogP contribution in [-0.4, -0.2) is 25.2 Å². The third-order valence-electron chi connectivity index (χ3n) is 3.11. The molecule has 0 aliphatic heterocycles. The van der Waals surface area contributed by atoms with Crippen molar-refractivity contribution in [2.75, 3.05) is 0 Å². The minimum Gasteiger partial charge on any atom is -0.508 e. The molecule has 124 valence electrons. The molecule has 0 radical (unpaired) electrons. The van der Waals surface area contributed by atoms with Crippen molar-refractivity contribution in [2.45, 2.75) is 6.92 Å². The lowest BCUT2D eigenvalue weighted by molar-refractivity contribution is -0.394. The highest BCUT2D eigenvalue weighted by atomic mass is 16.6. The van der Waals surface area contributed by atoms with Gasteiger partial charge in [0.2, 0.25) is 5.75 Å². The summed E-state index contributed by atoms with van der Waals surface area (Å²) in [6, 6.07) is 3.84. The molecule has 0 spiro atoms. The minimum absolute atomic E-state index is 0.0983. The number of hydrogen-bond donors (Lipinski definition) is 3. The molecule has 0 aliphatic rings. The van der Waals surface area contributed by atoms with Gasteiger partial charge in [-0.2, -0.15) is 0 Å². The number of phenolic OH excluding ortho intramolecular Hbond substituents is 3. The maximum absolute atomic E-state index is 10.8. The number of hydrogen-bond acceptors (Lipinski definition) is 9. The lowest BCUT2D eigenvalue weighted by Gasteiger charge is -2.04. The number of benzene rings is 2. The number of nitrogens with zero attached hydrogens (tertiary/aromatic N) is 4. The molecule has 0 aromatic heterocycles. The van der Waals surface area contributed by atoms with E-state index in [-0.39, 0.29) is 17.0 Å². The molecule has 0 saturated heterocycles. The van der Waals surface area contributed by atoms with Crippen molar-refractivity contribution in [3.05, 3.63) is 50.1 Å². The van der Waals surface area contributed by atoms with Gasteiger partial charge in [-0.3, -0.25) is 20.2 Å². The fourth-order valence-corrected chi connectivity index (χ4v) is 1.77. The van der Waals surface area contributed by atoms with E-state index in [4.69, 9.17) is 0 Å². The van der Waals surface area contributed by atoms with Gasteiger partial charge < -0.3 is 15.3 Å². The lowest BCUT2D eigenvalue weighted by atomic mass is 10.2. The first kappa shape index (κ1) is 16.6. The SMILES string of the molecule is Cc1c(O)ccc(N=Nc2cc([N+](=O)[O-])cc([N+](=O)[O-])c2O)c1O. The van der Waals surface area contributed by atoms with Crippen LogP contribution in [-0.2, 0) is 0 Å². The van der Waals surface area contributed by atoms with Crippen LogP contribution in [0, 0.1) is 27.2 Å². The number of nitro groups is 2. The van der Waals surface area contributed by atoms with E-state index in [1.807, 2.05) is 0 Å². The molecule has 0 atom stereocenters. The first-order chi connectivity index (χ1) is 11.2. The zero-order valence-corrected chi connectivity index (χ0v) is 12.1. The smallest absolute Gasteiger partial charge is 0.319 e. The number of nitro benzene ring substituents is 2. The second kappa shape index (κ2) is 6.16. The van der Waals surface area contributed by atoms with Crippen LogP contribution in [0.3, 0.4) is 0 Å². The Hall–Kier alpha value is -3.76. The molecule has 0 fully saturated rings. The second-order valence-corrected chi connectivity index (χ2v) is 4.62. The highest BCUT2D eigenvalue weighted by Gasteiger charge is 2.24. The summed E-state index contributed by atoms with van der Waals surface area (Å²) in [5.74, 6) is -1.47. The maximum atomic E-state index is 10.8. The molecule has 0 saturated carbocycles. The van der Waals surface area contributed by atoms with E-state index < -0.39 is 38.4 Å². The fourth-order valence-electron chi connectivity index (χ4n) is 1.77. The Morgan fingerprint density at radius 1 is 0.917 bits per heavy atom. The topological polar surface area (TPSA) is 172 Å². The molecule has 0 aliphatic carbocycles. The van der Waals surface area contributed by atoms with E-state index in [1.165, 1.54) is 19.1 Å². The van der Waals surface area contributed by atoms with Gasteiger partial charge in [0.15, 0.2) is 0 Å². The summed E-state index contributed by atoms with van der Waals surface area (Å²) in [6.45, 7) is 1.42. The van der Waals surface area contributed by atoms with Gasteiger partial charge in [-0.1, -0.05) is 0 Å². The molecule has 11 nitrogen and oxygen atoms in total. The van der Waals surface area contributed by atoms with Crippen LogP contribution in [0.25, 0.3) is 0 Å². The van der Waals surface area contributed by atoms with Gasteiger partial charge in [0.05, 0.1) is 15.9 Å². The molecular formula is C13H10N4O7. The van der Waals surface area contributed by atoms with E-state index in [1.54, 1.807) is 0 Å². The van der Waals surface area contributed by atoms with Crippen LogP contribution in [0.15, 0.2) is 34.5 Å². The Bertz CT molecular complexity index is 879. The molecule has 2 aromatic rings. The molecule has 0 unspecified atom stereocenters. The predicted molar refractivity (Wildman–Crippen MR) is 80.1 cm³/mol. The molecule has 2 aromatic carbocycles. The number of aromatic hydroxyl groups is 3. The average molecular weight is 334 g/mol. The lowest BCUT2D eigenvalue weighted by Crippen LogP contribution is -1.93. The number of non-ortho nitro benzene ring substituents is 1. The van der Waals surface area contributed by atoms with Gasteiger partial charge in [0.25, 0.3) is 5.69 Å². The number of phenols is 3. The Kier molecular flexibility index (Phi) is 4.26. The molecule has 0 bridgehead atoms. The van der Waals surface area contributed by atoms with E-state index >= 15 is 0 Å². The van der Waals surface area contributed by atoms with Gasteiger partial charge in [-0.05, 0) is 19.1 Å². The van der Waals surface area contributed by atoms with Gasteiger partial charge in [0.1, 0.15) is 22.9 Å². The number of rotatable bonds is 4. The molecule has 24 heavy (non-hydrogen) atoms. The third-order valence-corrected chi connectivity index (χ3v) is 3.11. The van der Waals surface area contributed by atoms with Gasteiger partial charge in [0, 0.05) is 11.6 Å².